The molecule has 0 saturated carbocycles. The molecule has 0 heterocycles. The second-order valence-electron chi connectivity index (χ2n) is 1.67. The third-order valence-corrected chi connectivity index (χ3v) is 0.680. The molecule has 0 amide bonds. The minimum atomic E-state index is -4.68. The minimum absolute atomic E-state index is 1.84. The predicted molar refractivity (Wildman–Crippen MR) is 25.1 cm³/mol. The van der Waals surface area contributed by atoms with Crippen LogP contribution in [0.4, 0.5) is 22.0 Å². The van der Waals surface area contributed by atoms with Crippen LogP contribution in [0.5, 0.6) is 0 Å². The molecule has 0 unspecified atom stereocenters. The van der Waals surface area contributed by atoms with Crippen molar-refractivity contribution in [2.24, 2.45) is 0 Å². The molecule has 12 heavy (non-hydrogen) atoms. The highest BCUT2D eigenvalue weighted by molar-refractivity contribution is 4.48. The molecule has 0 atom stereocenters. The topological polar surface area (TPSA) is 38.7 Å². The molecular weight excluding hydrogens is 191 g/mol. The number of halogens is 5. The van der Waals surface area contributed by atoms with Gasteiger partial charge in [0.05, 0.1) is 0 Å². The smallest absolute Gasteiger partial charge is 0.311 e. The summed E-state index contributed by atoms with van der Waals surface area (Å²) in [7, 11) is 0. The van der Waals surface area contributed by atoms with Crippen LogP contribution < -0.4 is 0 Å². The van der Waals surface area contributed by atoms with Crippen LogP contribution in [0.25, 0.3) is 0 Å². The summed E-state index contributed by atoms with van der Waals surface area (Å²) in [5, 5.41) is 7.51. The highest BCUT2D eigenvalue weighted by Crippen LogP contribution is 2.20. The van der Waals surface area contributed by atoms with Gasteiger partial charge in [-0.15, -0.1) is 8.78 Å². The van der Waals surface area contributed by atoms with Crippen LogP contribution in [-0.4, -0.2) is 31.0 Å². The molecule has 74 valence electrons. The molecule has 0 spiro atoms. The van der Waals surface area contributed by atoms with Gasteiger partial charge in [0.1, 0.15) is 6.61 Å². The molecule has 8 heteroatoms. The number of hydrogen-bond donors (Lipinski definition) is 1. The van der Waals surface area contributed by atoms with E-state index in [0.717, 1.165) is 0 Å². The van der Waals surface area contributed by atoms with Gasteiger partial charge in [-0.2, -0.15) is 8.78 Å². The Labute approximate surface area is 63.7 Å². The third kappa shape index (κ3) is 6.25. The van der Waals surface area contributed by atoms with Crippen molar-refractivity contribution in [1.29, 1.82) is 0 Å². The summed E-state index contributed by atoms with van der Waals surface area (Å²) in [6.45, 7) is -3.77. The molecular formula is C4H5F5O3. The summed E-state index contributed by atoms with van der Waals surface area (Å²) < 4.78 is 63.6. The van der Waals surface area contributed by atoms with Crippen LogP contribution >= 0.6 is 0 Å². The van der Waals surface area contributed by atoms with Crippen molar-refractivity contribution in [3.63, 3.8) is 0 Å². The summed E-state index contributed by atoms with van der Waals surface area (Å²) in [6, 6.07) is 0. The van der Waals surface area contributed by atoms with E-state index in [1.165, 1.54) is 0 Å². The molecule has 0 saturated heterocycles. The van der Waals surface area contributed by atoms with Gasteiger partial charge in [0.25, 0.3) is 0 Å². The van der Waals surface area contributed by atoms with Gasteiger partial charge >= 0.3 is 12.4 Å². The minimum Gasteiger partial charge on any atom is -0.311 e. The average molecular weight is 196 g/mol. The SMILES string of the molecule is OC(F)(F)OCC(F)(F)OCF. The second kappa shape index (κ2) is 3.97. The fourth-order valence-corrected chi connectivity index (χ4v) is 0.292. The Hall–Kier alpha value is -0.470. The number of ether oxygens (including phenoxy) is 2. The maximum Gasteiger partial charge on any atom is 0.483 e. The van der Waals surface area contributed by atoms with Crippen molar-refractivity contribution in [3.05, 3.63) is 0 Å². The Kier molecular flexibility index (Phi) is 3.81. The standard InChI is InChI=1S/C4H5F5O3/c5-2-12-3(6,7)1-11-4(8,9)10/h10H,1-2H2. The maximum atomic E-state index is 11.9. The Morgan fingerprint density at radius 2 is 1.58 bits per heavy atom. The molecule has 0 bridgehead atoms. The lowest BCUT2D eigenvalue weighted by Crippen LogP contribution is -2.32. The first kappa shape index (κ1) is 11.5. The van der Waals surface area contributed by atoms with E-state index < -0.39 is 25.9 Å². The van der Waals surface area contributed by atoms with E-state index in [0.29, 0.717) is 0 Å². The molecule has 0 fully saturated rings. The van der Waals surface area contributed by atoms with Gasteiger partial charge in [0.2, 0.25) is 0 Å². The lowest BCUT2D eigenvalue weighted by molar-refractivity contribution is -0.404. The number of aliphatic hydroxyl groups is 1. The predicted octanol–water partition coefficient (Wildman–Crippen LogP) is 1.08. The Morgan fingerprint density at radius 1 is 1.08 bits per heavy atom. The van der Waals surface area contributed by atoms with E-state index in [2.05, 4.69) is 9.47 Å². The van der Waals surface area contributed by atoms with Gasteiger partial charge < -0.3 is 5.11 Å². The normalized spacial score (nSPS) is 13.5. The van der Waals surface area contributed by atoms with Crippen LogP contribution in [-0.2, 0) is 9.47 Å². The number of hydrogen-bond acceptors (Lipinski definition) is 3. The van der Waals surface area contributed by atoms with E-state index in [9.17, 15) is 22.0 Å². The fraction of sp³-hybridized carbons (Fsp3) is 1.00. The van der Waals surface area contributed by atoms with E-state index in [-0.39, 0.29) is 0 Å². The zero-order chi connectivity index (χ0) is 9.83. The van der Waals surface area contributed by atoms with Crippen molar-refractivity contribution in [1.82, 2.24) is 0 Å². The van der Waals surface area contributed by atoms with Crippen molar-refractivity contribution >= 4 is 0 Å². The van der Waals surface area contributed by atoms with Gasteiger partial charge in [-0.05, 0) is 0 Å². The van der Waals surface area contributed by atoms with Crippen molar-refractivity contribution in [2.45, 2.75) is 12.4 Å². The molecule has 0 radical (unpaired) electrons. The van der Waals surface area contributed by atoms with Crippen molar-refractivity contribution < 1.29 is 36.5 Å². The third-order valence-electron chi connectivity index (χ3n) is 0.680. The second-order valence-corrected chi connectivity index (χ2v) is 1.67. The van der Waals surface area contributed by atoms with Crippen LogP contribution in [0, 0.1) is 0 Å². The molecule has 0 rings (SSSR count). The van der Waals surface area contributed by atoms with Gasteiger partial charge in [-0.25, -0.2) is 4.39 Å². The Balaban J connectivity index is 3.75. The number of alkyl halides is 5. The van der Waals surface area contributed by atoms with Gasteiger partial charge in [-0.3, -0.25) is 9.47 Å². The summed E-state index contributed by atoms with van der Waals surface area (Å²) in [4.78, 5) is 0. The van der Waals surface area contributed by atoms with E-state index >= 15 is 0 Å². The van der Waals surface area contributed by atoms with Crippen molar-refractivity contribution in [2.75, 3.05) is 13.5 Å². The molecule has 1 N–H and O–H groups in total. The molecule has 0 aromatic heterocycles. The highest BCUT2D eigenvalue weighted by Gasteiger charge is 2.37. The summed E-state index contributed by atoms with van der Waals surface area (Å²) in [6.07, 6.45) is -8.86. The Morgan fingerprint density at radius 3 is 1.92 bits per heavy atom. The quantitative estimate of drug-likeness (QED) is 0.528. The molecule has 0 aliphatic rings. The van der Waals surface area contributed by atoms with Gasteiger partial charge in [0.15, 0.2) is 6.86 Å². The molecule has 0 aliphatic carbocycles. The number of rotatable bonds is 5. The van der Waals surface area contributed by atoms with Crippen LogP contribution in [0.3, 0.4) is 0 Å². The lowest BCUT2D eigenvalue weighted by Gasteiger charge is -2.16. The summed E-state index contributed by atoms with van der Waals surface area (Å²) in [5.41, 5.74) is 0. The van der Waals surface area contributed by atoms with E-state index in [4.69, 9.17) is 5.11 Å². The van der Waals surface area contributed by atoms with Crippen molar-refractivity contribution in [3.8, 4) is 0 Å². The fourth-order valence-electron chi connectivity index (χ4n) is 0.292. The molecule has 0 aromatic carbocycles. The summed E-state index contributed by atoms with van der Waals surface area (Å²) >= 11 is 0. The van der Waals surface area contributed by atoms with Crippen LogP contribution in [0.1, 0.15) is 0 Å². The first-order valence-electron chi connectivity index (χ1n) is 2.59. The monoisotopic (exact) mass is 196 g/mol. The van der Waals surface area contributed by atoms with Gasteiger partial charge in [0, 0.05) is 0 Å². The largest absolute Gasteiger partial charge is 0.483 e. The zero-order valence-electron chi connectivity index (χ0n) is 5.57. The van der Waals surface area contributed by atoms with Gasteiger partial charge in [-0.1, -0.05) is 0 Å². The summed E-state index contributed by atoms with van der Waals surface area (Å²) in [5.74, 6) is 0. The van der Waals surface area contributed by atoms with E-state index in [1.807, 2.05) is 0 Å². The molecule has 0 aromatic rings. The first-order valence-corrected chi connectivity index (χ1v) is 2.59. The average Bonchev–Trinajstić information content (AvgIpc) is 1.83. The Bertz CT molecular complexity index is 133. The molecule has 0 aliphatic heterocycles. The van der Waals surface area contributed by atoms with Crippen LogP contribution in [0.15, 0.2) is 0 Å². The lowest BCUT2D eigenvalue weighted by atomic mass is 10.7. The van der Waals surface area contributed by atoms with E-state index in [1.54, 1.807) is 0 Å². The molecule has 3 nitrogen and oxygen atoms in total. The van der Waals surface area contributed by atoms with Crippen LogP contribution in [0.2, 0.25) is 0 Å². The first-order chi connectivity index (χ1) is 5.27. The highest BCUT2D eigenvalue weighted by atomic mass is 19.3. The maximum absolute atomic E-state index is 11.9. The zero-order valence-corrected chi connectivity index (χ0v) is 5.57.